The molecule has 98 valence electrons. The molecule has 18 heavy (non-hydrogen) atoms. The van der Waals surface area contributed by atoms with E-state index >= 15 is 0 Å². The van der Waals surface area contributed by atoms with E-state index < -0.39 is 0 Å². The van der Waals surface area contributed by atoms with E-state index in [1.807, 2.05) is 24.3 Å². The van der Waals surface area contributed by atoms with Crippen LogP contribution in [-0.2, 0) is 11.3 Å². The van der Waals surface area contributed by atoms with Crippen LogP contribution in [0.2, 0.25) is 0 Å². The molecule has 0 radical (unpaired) electrons. The van der Waals surface area contributed by atoms with Crippen molar-refractivity contribution in [2.24, 2.45) is 5.73 Å². The molecule has 0 aliphatic carbocycles. The topological polar surface area (TPSA) is 62.3 Å². The minimum absolute atomic E-state index is 0.108. The third-order valence-corrected chi connectivity index (χ3v) is 3.39. The first kappa shape index (κ1) is 13.1. The second-order valence-corrected chi connectivity index (χ2v) is 4.93. The predicted molar refractivity (Wildman–Crippen MR) is 72.8 cm³/mol. The second kappa shape index (κ2) is 5.98. The van der Waals surface area contributed by atoms with Crippen LogP contribution < -0.4 is 5.73 Å². The molecule has 0 amide bonds. The molecule has 0 aromatic heterocycles. The maximum Gasteiger partial charge on any atom is 0.122 e. The van der Waals surface area contributed by atoms with Crippen LogP contribution in [0.3, 0.4) is 0 Å². The van der Waals surface area contributed by atoms with E-state index in [4.69, 9.17) is 15.9 Å². The quantitative estimate of drug-likeness (QED) is 0.627. The van der Waals surface area contributed by atoms with Crippen molar-refractivity contribution in [3.8, 4) is 0 Å². The van der Waals surface area contributed by atoms with Crippen molar-refractivity contribution in [3.63, 3.8) is 0 Å². The highest BCUT2D eigenvalue weighted by molar-refractivity contribution is 5.95. The zero-order valence-corrected chi connectivity index (χ0v) is 10.9. The Labute approximate surface area is 108 Å². The van der Waals surface area contributed by atoms with Crippen LogP contribution in [0.15, 0.2) is 24.3 Å². The molecule has 1 saturated heterocycles. The van der Waals surface area contributed by atoms with Crippen molar-refractivity contribution in [2.45, 2.75) is 25.6 Å². The fourth-order valence-corrected chi connectivity index (χ4v) is 2.19. The third kappa shape index (κ3) is 3.55. The third-order valence-electron chi connectivity index (χ3n) is 3.39. The Kier molecular flexibility index (Phi) is 4.33. The molecule has 1 aliphatic rings. The van der Waals surface area contributed by atoms with E-state index in [2.05, 4.69) is 11.9 Å². The molecule has 2 rings (SSSR count). The summed E-state index contributed by atoms with van der Waals surface area (Å²) in [6, 6.07) is 7.71. The number of rotatable bonds is 4. The molecule has 0 saturated carbocycles. The minimum Gasteiger partial charge on any atom is -0.384 e. The zero-order chi connectivity index (χ0) is 13.0. The molecule has 3 N–H and O–H groups in total. The number of likely N-dealkylation sites (tertiary alicyclic amines) is 1. The van der Waals surface area contributed by atoms with Gasteiger partial charge in [0.05, 0.1) is 12.7 Å². The summed E-state index contributed by atoms with van der Waals surface area (Å²) in [5.74, 6) is 0.108. The van der Waals surface area contributed by atoms with Gasteiger partial charge in [-0.15, -0.1) is 0 Å². The lowest BCUT2D eigenvalue weighted by atomic mass is 10.1. The molecular formula is C14H21N3O. The standard InChI is InChI=1S/C14H21N3O/c1-17-7-5-13(6-8-17)18-10-11-3-2-4-12(9-11)14(15)16/h2-4,9,13H,5-8,10H2,1H3,(H3,15,16). The van der Waals surface area contributed by atoms with Crippen LogP contribution in [0.25, 0.3) is 0 Å². The highest BCUT2D eigenvalue weighted by Crippen LogP contribution is 2.15. The van der Waals surface area contributed by atoms with Crippen LogP contribution in [0, 0.1) is 5.41 Å². The smallest absolute Gasteiger partial charge is 0.122 e. The average Bonchev–Trinajstić information content (AvgIpc) is 2.38. The van der Waals surface area contributed by atoms with Crippen molar-refractivity contribution < 1.29 is 4.74 Å². The zero-order valence-electron chi connectivity index (χ0n) is 10.9. The van der Waals surface area contributed by atoms with E-state index in [-0.39, 0.29) is 5.84 Å². The molecule has 0 unspecified atom stereocenters. The number of piperidine rings is 1. The van der Waals surface area contributed by atoms with Crippen molar-refractivity contribution in [3.05, 3.63) is 35.4 Å². The van der Waals surface area contributed by atoms with Crippen molar-refractivity contribution in [2.75, 3.05) is 20.1 Å². The lowest BCUT2D eigenvalue weighted by Crippen LogP contribution is -2.34. The Bertz CT molecular complexity index is 411. The summed E-state index contributed by atoms with van der Waals surface area (Å²) < 4.78 is 5.91. The van der Waals surface area contributed by atoms with Crippen LogP contribution in [0.4, 0.5) is 0 Å². The molecule has 1 aliphatic heterocycles. The van der Waals surface area contributed by atoms with E-state index in [0.29, 0.717) is 12.7 Å². The largest absolute Gasteiger partial charge is 0.384 e. The average molecular weight is 247 g/mol. The first-order valence-electron chi connectivity index (χ1n) is 6.38. The molecule has 4 nitrogen and oxygen atoms in total. The molecule has 1 aromatic rings. The van der Waals surface area contributed by atoms with Gasteiger partial charge in [-0.1, -0.05) is 18.2 Å². The number of nitrogens with one attached hydrogen (secondary N) is 1. The van der Waals surface area contributed by atoms with Gasteiger partial charge in [-0.05, 0) is 31.5 Å². The lowest BCUT2D eigenvalue weighted by Gasteiger charge is -2.28. The molecule has 1 aromatic carbocycles. The molecule has 1 fully saturated rings. The summed E-state index contributed by atoms with van der Waals surface area (Å²) >= 11 is 0. The van der Waals surface area contributed by atoms with Gasteiger partial charge >= 0.3 is 0 Å². The highest BCUT2D eigenvalue weighted by Gasteiger charge is 2.16. The number of nitrogen functional groups attached to an aromatic ring is 1. The summed E-state index contributed by atoms with van der Waals surface area (Å²) in [6.45, 7) is 2.83. The maximum absolute atomic E-state index is 7.41. The van der Waals surface area contributed by atoms with Gasteiger partial charge in [0.25, 0.3) is 0 Å². The summed E-state index contributed by atoms with van der Waals surface area (Å²) in [4.78, 5) is 2.33. The molecule has 0 bridgehead atoms. The molecular weight excluding hydrogens is 226 g/mol. The summed E-state index contributed by atoms with van der Waals surface area (Å²) in [5.41, 5.74) is 7.32. The minimum atomic E-state index is 0.108. The number of hydrogen-bond acceptors (Lipinski definition) is 3. The first-order valence-corrected chi connectivity index (χ1v) is 6.38. The van der Waals surface area contributed by atoms with E-state index in [9.17, 15) is 0 Å². The Morgan fingerprint density at radius 2 is 2.17 bits per heavy atom. The van der Waals surface area contributed by atoms with Crippen LogP contribution in [0.1, 0.15) is 24.0 Å². The summed E-state index contributed by atoms with van der Waals surface area (Å²) in [7, 11) is 2.15. The van der Waals surface area contributed by atoms with Crippen molar-refractivity contribution in [1.29, 1.82) is 5.41 Å². The molecule has 4 heteroatoms. The van der Waals surface area contributed by atoms with Gasteiger partial charge in [-0.25, -0.2) is 0 Å². The van der Waals surface area contributed by atoms with E-state index in [1.54, 1.807) is 0 Å². The molecule has 0 spiro atoms. The van der Waals surface area contributed by atoms with Crippen LogP contribution in [0.5, 0.6) is 0 Å². The van der Waals surface area contributed by atoms with Crippen molar-refractivity contribution >= 4 is 5.84 Å². The SMILES string of the molecule is CN1CCC(OCc2cccc(C(=N)N)c2)CC1. The summed E-state index contributed by atoms with van der Waals surface area (Å²) in [6.07, 6.45) is 2.56. The number of hydrogen-bond donors (Lipinski definition) is 2. The van der Waals surface area contributed by atoms with Gasteiger partial charge < -0.3 is 15.4 Å². The number of amidine groups is 1. The second-order valence-electron chi connectivity index (χ2n) is 4.93. The fourth-order valence-electron chi connectivity index (χ4n) is 2.19. The molecule has 1 heterocycles. The molecule has 0 atom stereocenters. The van der Waals surface area contributed by atoms with Gasteiger partial charge in [0.2, 0.25) is 0 Å². The van der Waals surface area contributed by atoms with Crippen LogP contribution in [-0.4, -0.2) is 37.0 Å². The first-order chi connectivity index (χ1) is 8.65. The highest BCUT2D eigenvalue weighted by atomic mass is 16.5. The van der Waals surface area contributed by atoms with E-state index in [0.717, 1.165) is 37.1 Å². The fraction of sp³-hybridized carbons (Fsp3) is 0.500. The number of ether oxygens (including phenoxy) is 1. The Morgan fingerprint density at radius 1 is 1.44 bits per heavy atom. The maximum atomic E-state index is 7.41. The van der Waals surface area contributed by atoms with Crippen LogP contribution >= 0.6 is 0 Å². The number of benzene rings is 1. The van der Waals surface area contributed by atoms with Gasteiger partial charge in [-0.3, -0.25) is 5.41 Å². The normalized spacial score (nSPS) is 17.8. The van der Waals surface area contributed by atoms with Gasteiger partial charge in [0.15, 0.2) is 0 Å². The lowest BCUT2D eigenvalue weighted by molar-refractivity contribution is 0.00213. The van der Waals surface area contributed by atoms with Gasteiger partial charge in [0, 0.05) is 18.7 Å². The Morgan fingerprint density at radius 3 is 2.83 bits per heavy atom. The van der Waals surface area contributed by atoms with Gasteiger partial charge in [0.1, 0.15) is 5.84 Å². The number of nitrogens with two attached hydrogens (primary N) is 1. The predicted octanol–water partition coefficient (Wildman–Crippen LogP) is 1.58. The Balaban J connectivity index is 1.86. The van der Waals surface area contributed by atoms with Crippen molar-refractivity contribution in [1.82, 2.24) is 4.90 Å². The monoisotopic (exact) mass is 247 g/mol. The van der Waals surface area contributed by atoms with E-state index in [1.165, 1.54) is 0 Å². The summed E-state index contributed by atoms with van der Waals surface area (Å²) in [5, 5.41) is 7.41. The Hall–Kier alpha value is -1.39. The van der Waals surface area contributed by atoms with Gasteiger partial charge in [-0.2, -0.15) is 0 Å². The number of nitrogens with zero attached hydrogens (tertiary/aromatic N) is 1.